The van der Waals surface area contributed by atoms with Crippen molar-refractivity contribution < 1.29 is 14.3 Å². The van der Waals surface area contributed by atoms with E-state index in [9.17, 15) is 9.59 Å². The first-order valence-corrected chi connectivity index (χ1v) is 5.82. The van der Waals surface area contributed by atoms with E-state index < -0.39 is 17.3 Å². The van der Waals surface area contributed by atoms with Crippen LogP contribution in [0, 0.1) is 5.41 Å². The van der Waals surface area contributed by atoms with Gasteiger partial charge in [-0.15, -0.1) is 0 Å². The lowest BCUT2D eigenvalue weighted by Crippen LogP contribution is -2.38. The molecule has 1 N–H and O–H groups in total. The number of benzene rings is 1. The van der Waals surface area contributed by atoms with Crippen molar-refractivity contribution in [2.75, 3.05) is 12.4 Å². The van der Waals surface area contributed by atoms with E-state index in [-0.39, 0.29) is 0 Å². The maximum absolute atomic E-state index is 11.9. The number of carbonyl (C=O) groups excluding carboxylic acids is 2. The number of nitrogens with one attached hydrogen (secondary N) is 1. The Labute approximate surface area is 108 Å². The Balaban J connectivity index is 2.79. The van der Waals surface area contributed by atoms with Crippen LogP contribution in [0.1, 0.15) is 13.8 Å². The van der Waals surface area contributed by atoms with Crippen molar-refractivity contribution in [2.24, 2.45) is 5.41 Å². The van der Waals surface area contributed by atoms with Gasteiger partial charge in [-0.3, -0.25) is 9.59 Å². The molecule has 1 rings (SSSR count). The van der Waals surface area contributed by atoms with E-state index in [1.165, 1.54) is 21.0 Å². The highest BCUT2D eigenvalue weighted by Crippen LogP contribution is 2.21. The van der Waals surface area contributed by atoms with Crippen LogP contribution in [-0.2, 0) is 14.3 Å². The van der Waals surface area contributed by atoms with Gasteiger partial charge in [-0.25, -0.2) is 0 Å². The molecule has 0 aliphatic carbocycles. The molecule has 1 amide bonds. The van der Waals surface area contributed by atoms with E-state index in [0.717, 1.165) is 4.47 Å². The molecule has 4 nitrogen and oxygen atoms in total. The number of hydrogen-bond acceptors (Lipinski definition) is 3. The summed E-state index contributed by atoms with van der Waals surface area (Å²) in [6, 6.07) is 7.10. The van der Waals surface area contributed by atoms with Crippen LogP contribution in [0.15, 0.2) is 28.7 Å². The number of methoxy groups -OCH3 is 1. The topological polar surface area (TPSA) is 55.4 Å². The monoisotopic (exact) mass is 299 g/mol. The molecule has 1 aromatic carbocycles. The lowest BCUT2D eigenvalue weighted by Gasteiger charge is -2.20. The van der Waals surface area contributed by atoms with Crippen molar-refractivity contribution >= 4 is 33.5 Å². The van der Waals surface area contributed by atoms with Crippen molar-refractivity contribution in [3.05, 3.63) is 28.7 Å². The molecular weight excluding hydrogens is 286 g/mol. The minimum absolute atomic E-state index is 0.397. The van der Waals surface area contributed by atoms with Gasteiger partial charge in [0.05, 0.1) is 7.11 Å². The Kier molecular flexibility index (Phi) is 4.28. The standard InChI is InChI=1S/C12H14BrNO3/c1-12(2,11(16)17-3)10(15)14-9-6-4-8(13)5-7-9/h4-7H,1-3H3,(H,14,15). The van der Waals surface area contributed by atoms with E-state index in [1.54, 1.807) is 24.3 Å². The Morgan fingerprint density at radius 2 is 1.76 bits per heavy atom. The minimum Gasteiger partial charge on any atom is -0.468 e. The number of carbonyl (C=O) groups is 2. The van der Waals surface area contributed by atoms with Crippen LogP contribution in [0.4, 0.5) is 5.69 Å². The predicted molar refractivity (Wildman–Crippen MR) is 68.6 cm³/mol. The van der Waals surface area contributed by atoms with Crippen LogP contribution in [0.3, 0.4) is 0 Å². The first kappa shape index (κ1) is 13.7. The van der Waals surface area contributed by atoms with Crippen molar-refractivity contribution in [2.45, 2.75) is 13.8 Å². The molecular formula is C12H14BrNO3. The summed E-state index contributed by atoms with van der Waals surface area (Å²) in [5.41, 5.74) is -0.572. The summed E-state index contributed by atoms with van der Waals surface area (Å²) in [4.78, 5) is 23.3. The van der Waals surface area contributed by atoms with Gasteiger partial charge in [0, 0.05) is 10.2 Å². The Bertz CT molecular complexity index is 426. The van der Waals surface area contributed by atoms with Gasteiger partial charge in [0.25, 0.3) is 0 Å². The zero-order valence-electron chi connectivity index (χ0n) is 9.91. The number of amides is 1. The number of ether oxygens (including phenoxy) is 1. The molecule has 92 valence electrons. The zero-order chi connectivity index (χ0) is 13.1. The summed E-state index contributed by atoms with van der Waals surface area (Å²) in [5, 5.41) is 2.66. The van der Waals surface area contributed by atoms with Crippen molar-refractivity contribution in [3.8, 4) is 0 Å². The molecule has 0 saturated carbocycles. The molecule has 0 bridgehead atoms. The molecule has 0 spiro atoms. The molecule has 0 unspecified atom stereocenters. The van der Waals surface area contributed by atoms with Gasteiger partial charge in [-0.1, -0.05) is 15.9 Å². The van der Waals surface area contributed by atoms with Gasteiger partial charge in [-0.2, -0.15) is 0 Å². The van der Waals surface area contributed by atoms with Gasteiger partial charge in [0.15, 0.2) is 0 Å². The van der Waals surface area contributed by atoms with Crippen LogP contribution in [0.5, 0.6) is 0 Å². The highest BCUT2D eigenvalue weighted by molar-refractivity contribution is 9.10. The zero-order valence-corrected chi connectivity index (χ0v) is 11.5. The van der Waals surface area contributed by atoms with Gasteiger partial charge in [0.1, 0.15) is 5.41 Å². The summed E-state index contributed by atoms with van der Waals surface area (Å²) in [6.45, 7) is 3.04. The molecule has 0 atom stereocenters. The maximum Gasteiger partial charge on any atom is 0.320 e. The van der Waals surface area contributed by atoms with Crippen molar-refractivity contribution in [1.29, 1.82) is 0 Å². The number of hydrogen-bond donors (Lipinski definition) is 1. The predicted octanol–water partition coefficient (Wildman–Crippen LogP) is 2.59. The van der Waals surface area contributed by atoms with E-state index in [0.29, 0.717) is 5.69 Å². The molecule has 0 aliphatic heterocycles. The Hall–Kier alpha value is -1.36. The van der Waals surface area contributed by atoms with E-state index in [1.807, 2.05) is 0 Å². The second-order valence-corrected chi connectivity index (χ2v) is 4.99. The Morgan fingerprint density at radius 1 is 1.24 bits per heavy atom. The normalized spacial score (nSPS) is 10.8. The first-order valence-electron chi connectivity index (χ1n) is 5.03. The summed E-state index contributed by atoms with van der Waals surface area (Å²) in [6.07, 6.45) is 0. The lowest BCUT2D eigenvalue weighted by molar-refractivity contribution is -0.154. The highest BCUT2D eigenvalue weighted by Gasteiger charge is 2.37. The van der Waals surface area contributed by atoms with Crippen molar-refractivity contribution in [1.82, 2.24) is 0 Å². The third-order valence-corrected chi connectivity index (χ3v) is 2.89. The lowest BCUT2D eigenvalue weighted by atomic mass is 9.92. The van der Waals surface area contributed by atoms with Gasteiger partial charge < -0.3 is 10.1 Å². The summed E-state index contributed by atoms with van der Waals surface area (Å²) in [7, 11) is 1.26. The summed E-state index contributed by atoms with van der Waals surface area (Å²) >= 11 is 3.30. The quantitative estimate of drug-likeness (QED) is 0.689. The minimum atomic E-state index is -1.21. The third-order valence-electron chi connectivity index (χ3n) is 2.37. The van der Waals surface area contributed by atoms with Crippen LogP contribution in [0.25, 0.3) is 0 Å². The van der Waals surface area contributed by atoms with Gasteiger partial charge in [0.2, 0.25) is 5.91 Å². The molecule has 5 heteroatoms. The fourth-order valence-electron chi connectivity index (χ4n) is 1.17. The molecule has 0 saturated heterocycles. The number of anilines is 1. The Morgan fingerprint density at radius 3 is 2.24 bits per heavy atom. The largest absolute Gasteiger partial charge is 0.468 e. The van der Waals surface area contributed by atoms with E-state index >= 15 is 0 Å². The molecule has 0 heterocycles. The second kappa shape index (κ2) is 5.31. The smallest absolute Gasteiger partial charge is 0.320 e. The fraction of sp³-hybridized carbons (Fsp3) is 0.333. The molecule has 0 fully saturated rings. The second-order valence-electron chi connectivity index (χ2n) is 4.08. The van der Waals surface area contributed by atoms with Gasteiger partial charge in [-0.05, 0) is 38.1 Å². The molecule has 0 aliphatic rings. The number of halogens is 1. The highest BCUT2D eigenvalue weighted by atomic mass is 79.9. The van der Waals surface area contributed by atoms with Crippen LogP contribution < -0.4 is 5.32 Å². The number of rotatable bonds is 3. The average molecular weight is 300 g/mol. The molecule has 17 heavy (non-hydrogen) atoms. The molecule has 0 radical (unpaired) electrons. The van der Waals surface area contributed by atoms with Crippen LogP contribution >= 0.6 is 15.9 Å². The average Bonchev–Trinajstić information content (AvgIpc) is 2.30. The van der Waals surface area contributed by atoms with Crippen LogP contribution in [0.2, 0.25) is 0 Å². The van der Waals surface area contributed by atoms with Crippen molar-refractivity contribution in [3.63, 3.8) is 0 Å². The van der Waals surface area contributed by atoms with E-state index in [2.05, 4.69) is 26.0 Å². The molecule has 0 aromatic heterocycles. The third kappa shape index (κ3) is 3.30. The maximum atomic E-state index is 11.9. The summed E-state index contributed by atoms with van der Waals surface area (Å²) < 4.78 is 5.50. The summed E-state index contributed by atoms with van der Waals surface area (Å²) in [5.74, 6) is -0.959. The molecule has 1 aromatic rings. The van der Waals surface area contributed by atoms with Gasteiger partial charge >= 0.3 is 5.97 Å². The number of esters is 1. The van der Waals surface area contributed by atoms with E-state index in [4.69, 9.17) is 0 Å². The fourth-order valence-corrected chi connectivity index (χ4v) is 1.43. The first-order chi connectivity index (χ1) is 7.87. The van der Waals surface area contributed by atoms with Crippen LogP contribution in [-0.4, -0.2) is 19.0 Å². The SMILES string of the molecule is COC(=O)C(C)(C)C(=O)Nc1ccc(Br)cc1.